The number of halogens is 2. The number of carbonyl (C=O) groups is 1. The standard InChI is InChI=1S/C25H19I2N3O2/c26-21-12-16(14-29-30-25(31)20-10-3-4-11-23(20)28)13-22(27)24(21)32-15-18-8-5-7-17-6-1-2-9-19(17)18/h1-14H,15,28H2,(H,30,31)/b29-14-. The van der Waals surface area contributed by atoms with Gasteiger partial charge in [0, 0.05) is 5.69 Å². The van der Waals surface area contributed by atoms with Crippen LogP contribution in [0.5, 0.6) is 5.75 Å². The maximum Gasteiger partial charge on any atom is 0.273 e. The van der Waals surface area contributed by atoms with Crippen molar-refractivity contribution in [1.82, 2.24) is 5.43 Å². The average Bonchev–Trinajstić information content (AvgIpc) is 2.79. The summed E-state index contributed by atoms with van der Waals surface area (Å²) in [7, 11) is 0. The van der Waals surface area contributed by atoms with Crippen molar-refractivity contribution in [3.63, 3.8) is 0 Å². The third kappa shape index (κ3) is 5.21. The molecule has 1 amide bonds. The zero-order valence-corrected chi connectivity index (χ0v) is 21.2. The van der Waals surface area contributed by atoms with Crippen molar-refractivity contribution in [3.05, 3.63) is 103 Å². The molecule has 0 aromatic heterocycles. The zero-order valence-electron chi connectivity index (χ0n) is 16.9. The molecule has 0 bridgehead atoms. The van der Waals surface area contributed by atoms with Crippen LogP contribution in [0.1, 0.15) is 21.5 Å². The molecule has 4 aromatic rings. The first kappa shape index (κ1) is 22.5. The zero-order chi connectivity index (χ0) is 22.5. The minimum Gasteiger partial charge on any atom is -0.487 e. The highest BCUT2D eigenvalue weighted by Gasteiger charge is 2.11. The normalized spacial score (nSPS) is 11.1. The first-order valence-corrected chi connectivity index (χ1v) is 11.9. The monoisotopic (exact) mass is 647 g/mol. The van der Waals surface area contributed by atoms with E-state index in [4.69, 9.17) is 10.5 Å². The van der Waals surface area contributed by atoms with E-state index in [1.165, 1.54) is 10.8 Å². The summed E-state index contributed by atoms with van der Waals surface area (Å²) in [5.41, 5.74) is 11.2. The SMILES string of the molecule is Nc1ccccc1C(=O)N/N=C\c1cc(I)c(OCc2cccc3ccccc23)c(I)c1. The van der Waals surface area contributed by atoms with Crippen molar-refractivity contribution in [2.24, 2.45) is 5.10 Å². The van der Waals surface area contributed by atoms with Gasteiger partial charge in [0.05, 0.1) is 18.9 Å². The van der Waals surface area contributed by atoms with Gasteiger partial charge in [-0.1, -0.05) is 54.6 Å². The van der Waals surface area contributed by atoms with E-state index in [-0.39, 0.29) is 5.91 Å². The van der Waals surface area contributed by atoms with Crippen molar-refractivity contribution < 1.29 is 9.53 Å². The predicted molar refractivity (Wildman–Crippen MR) is 146 cm³/mol. The van der Waals surface area contributed by atoms with Gasteiger partial charge in [-0.3, -0.25) is 4.79 Å². The van der Waals surface area contributed by atoms with Crippen LogP contribution in [0.25, 0.3) is 10.8 Å². The Bertz CT molecular complexity index is 1290. The molecule has 0 aliphatic carbocycles. The number of hydrazone groups is 1. The molecule has 0 aliphatic heterocycles. The van der Waals surface area contributed by atoms with E-state index in [2.05, 4.69) is 80.0 Å². The molecule has 32 heavy (non-hydrogen) atoms. The summed E-state index contributed by atoms with van der Waals surface area (Å²) < 4.78 is 8.12. The Morgan fingerprint density at radius 2 is 1.66 bits per heavy atom. The maximum absolute atomic E-state index is 12.2. The number of para-hydroxylation sites is 1. The summed E-state index contributed by atoms with van der Waals surface area (Å²) in [6.07, 6.45) is 1.61. The number of nitrogens with two attached hydrogens (primary N) is 1. The summed E-state index contributed by atoms with van der Waals surface area (Å²) in [5, 5.41) is 6.46. The summed E-state index contributed by atoms with van der Waals surface area (Å²) in [4.78, 5) is 12.2. The number of carbonyl (C=O) groups excluding carboxylic acids is 1. The molecule has 0 saturated heterocycles. The molecule has 0 heterocycles. The van der Waals surface area contributed by atoms with E-state index in [0.717, 1.165) is 24.0 Å². The van der Waals surface area contributed by atoms with Gasteiger partial charge in [-0.25, -0.2) is 5.43 Å². The Hall–Kier alpha value is -2.66. The van der Waals surface area contributed by atoms with Crippen molar-refractivity contribution in [1.29, 1.82) is 0 Å². The lowest BCUT2D eigenvalue weighted by Gasteiger charge is -2.13. The predicted octanol–water partition coefficient (Wildman–Crippen LogP) is 5.97. The molecule has 0 saturated carbocycles. The Morgan fingerprint density at radius 3 is 2.44 bits per heavy atom. The van der Waals surface area contributed by atoms with Crippen molar-refractivity contribution in [2.45, 2.75) is 6.61 Å². The van der Waals surface area contributed by atoms with Gasteiger partial charge >= 0.3 is 0 Å². The Labute approximate surface area is 213 Å². The number of fused-ring (bicyclic) bond motifs is 1. The second kappa shape index (κ2) is 10.3. The maximum atomic E-state index is 12.2. The third-order valence-corrected chi connectivity index (χ3v) is 6.46. The van der Waals surface area contributed by atoms with Crippen molar-refractivity contribution >= 4 is 73.8 Å². The Morgan fingerprint density at radius 1 is 0.969 bits per heavy atom. The average molecular weight is 647 g/mol. The second-order valence-corrected chi connectivity index (χ2v) is 9.35. The van der Waals surface area contributed by atoms with Crippen LogP contribution in [-0.4, -0.2) is 12.1 Å². The Kier molecular flexibility index (Phi) is 7.26. The molecular weight excluding hydrogens is 628 g/mol. The number of anilines is 1. The van der Waals surface area contributed by atoms with E-state index >= 15 is 0 Å². The number of nitrogen functional groups attached to an aromatic ring is 1. The van der Waals surface area contributed by atoms with E-state index in [9.17, 15) is 4.79 Å². The second-order valence-electron chi connectivity index (χ2n) is 7.03. The highest BCUT2D eigenvalue weighted by molar-refractivity contribution is 14.1. The molecule has 7 heteroatoms. The number of ether oxygens (including phenoxy) is 1. The lowest BCUT2D eigenvalue weighted by Crippen LogP contribution is -2.19. The molecule has 0 unspecified atom stereocenters. The first-order valence-electron chi connectivity index (χ1n) is 9.79. The fourth-order valence-electron chi connectivity index (χ4n) is 3.29. The van der Waals surface area contributed by atoms with Crippen LogP contribution < -0.4 is 15.9 Å². The van der Waals surface area contributed by atoms with Crippen molar-refractivity contribution in [3.8, 4) is 5.75 Å². The molecule has 0 spiro atoms. The number of amides is 1. The molecule has 4 rings (SSSR count). The van der Waals surface area contributed by atoms with E-state index in [1.807, 2.05) is 30.3 Å². The lowest BCUT2D eigenvalue weighted by atomic mass is 10.1. The quantitative estimate of drug-likeness (QED) is 0.117. The van der Waals surface area contributed by atoms with Gasteiger partial charge in [0.25, 0.3) is 5.91 Å². The summed E-state index contributed by atoms with van der Waals surface area (Å²) in [6.45, 7) is 0.481. The number of hydrogen-bond acceptors (Lipinski definition) is 4. The fourth-order valence-corrected chi connectivity index (χ4v) is 5.42. The van der Waals surface area contributed by atoms with Crippen LogP contribution in [0, 0.1) is 7.14 Å². The van der Waals surface area contributed by atoms with Gasteiger partial charge in [-0.15, -0.1) is 0 Å². The molecule has 0 aliphatic rings. The highest BCUT2D eigenvalue weighted by Crippen LogP contribution is 2.30. The molecular formula is C25H19I2N3O2. The molecule has 0 atom stereocenters. The number of benzene rings is 4. The molecule has 160 valence electrons. The van der Waals surface area contributed by atoms with Gasteiger partial charge in [-0.05, 0) is 91.3 Å². The van der Waals surface area contributed by atoms with Crippen LogP contribution in [0.15, 0.2) is 84.0 Å². The van der Waals surface area contributed by atoms with Crippen LogP contribution in [-0.2, 0) is 6.61 Å². The summed E-state index contributed by atoms with van der Waals surface area (Å²) >= 11 is 4.51. The number of rotatable bonds is 6. The molecule has 3 N–H and O–H groups in total. The van der Waals surface area contributed by atoms with E-state index in [1.54, 1.807) is 30.5 Å². The number of nitrogens with zero attached hydrogens (tertiary/aromatic N) is 1. The first-order chi connectivity index (χ1) is 15.5. The minimum absolute atomic E-state index is 0.348. The van der Waals surface area contributed by atoms with Gasteiger partial charge < -0.3 is 10.5 Å². The summed E-state index contributed by atoms with van der Waals surface area (Å²) in [5.74, 6) is 0.483. The Balaban J connectivity index is 1.45. The molecule has 0 radical (unpaired) electrons. The minimum atomic E-state index is -0.348. The molecule has 4 aromatic carbocycles. The highest BCUT2D eigenvalue weighted by atomic mass is 127. The van der Waals surface area contributed by atoms with E-state index in [0.29, 0.717) is 17.9 Å². The largest absolute Gasteiger partial charge is 0.487 e. The van der Waals surface area contributed by atoms with Crippen LogP contribution >= 0.6 is 45.2 Å². The van der Waals surface area contributed by atoms with E-state index < -0.39 is 0 Å². The fraction of sp³-hybridized carbons (Fsp3) is 0.0400. The summed E-state index contributed by atoms with van der Waals surface area (Å²) in [6, 6.07) is 25.3. The smallest absolute Gasteiger partial charge is 0.273 e. The van der Waals surface area contributed by atoms with Gasteiger partial charge in [0.15, 0.2) is 0 Å². The number of hydrogen-bond donors (Lipinski definition) is 2. The van der Waals surface area contributed by atoms with Gasteiger partial charge in [0.2, 0.25) is 0 Å². The van der Waals surface area contributed by atoms with Crippen LogP contribution in [0.3, 0.4) is 0 Å². The molecule has 0 fully saturated rings. The number of nitrogens with one attached hydrogen (secondary N) is 1. The van der Waals surface area contributed by atoms with Gasteiger partial charge in [-0.2, -0.15) is 5.10 Å². The van der Waals surface area contributed by atoms with Gasteiger partial charge in [0.1, 0.15) is 12.4 Å². The molecule has 5 nitrogen and oxygen atoms in total. The lowest BCUT2D eigenvalue weighted by molar-refractivity contribution is 0.0956. The topological polar surface area (TPSA) is 76.7 Å². The van der Waals surface area contributed by atoms with Crippen LogP contribution in [0.4, 0.5) is 5.69 Å². The van der Waals surface area contributed by atoms with Crippen LogP contribution in [0.2, 0.25) is 0 Å². The van der Waals surface area contributed by atoms with Crippen molar-refractivity contribution in [2.75, 3.05) is 5.73 Å². The third-order valence-electron chi connectivity index (χ3n) is 4.86.